The van der Waals surface area contributed by atoms with E-state index in [2.05, 4.69) is 6.92 Å². The normalized spacial score (nSPS) is 10.4. The summed E-state index contributed by atoms with van der Waals surface area (Å²) in [5, 5.41) is 0. The first-order valence-electron chi connectivity index (χ1n) is 3.47. The van der Waals surface area contributed by atoms with E-state index < -0.39 is 0 Å². The van der Waals surface area contributed by atoms with Gasteiger partial charge in [-0.1, -0.05) is 30.4 Å². The summed E-state index contributed by atoms with van der Waals surface area (Å²) in [5.74, 6) is 0.882. The van der Waals surface area contributed by atoms with E-state index in [4.69, 9.17) is 4.74 Å². The van der Waals surface area contributed by atoms with E-state index in [0.29, 0.717) is 0 Å². The van der Waals surface area contributed by atoms with E-state index in [9.17, 15) is 0 Å². The highest BCUT2D eigenvalue weighted by molar-refractivity contribution is 5.57. The lowest BCUT2D eigenvalue weighted by atomic mass is 10.2. The second-order valence-electron chi connectivity index (χ2n) is 2.14. The van der Waals surface area contributed by atoms with Crippen LogP contribution in [-0.4, -0.2) is 7.11 Å². The van der Waals surface area contributed by atoms with Gasteiger partial charge in [-0.05, 0) is 13.0 Å². The molecule has 0 bridgehead atoms. The maximum absolute atomic E-state index is 5.12. The van der Waals surface area contributed by atoms with Crippen molar-refractivity contribution in [1.82, 2.24) is 0 Å². The third-order valence-electron chi connectivity index (χ3n) is 1.44. The van der Waals surface area contributed by atoms with Gasteiger partial charge in [-0.25, -0.2) is 0 Å². The molecule has 1 rings (SSSR count). The molecule has 0 spiro atoms. The van der Waals surface area contributed by atoms with Crippen molar-refractivity contribution in [2.45, 2.75) is 0 Å². The van der Waals surface area contributed by atoms with E-state index in [-0.39, 0.29) is 0 Å². The fourth-order valence-corrected chi connectivity index (χ4v) is 0.931. The van der Waals surface area contributed by atoms with E-state index in [1.807, 2.05) is 30.3 Å². The van der Waals surface area contributed by atoms with Gasteiger partial charge in [0.2, 0.25) is 0 Å². The number of hydrogen-bond acceptors (Lipinski definition) is 1. The Morgan fingerprint density at radius 3 is 2.73 bits per heavy atom. The van der Waals surface area contributed by atoms with Crippen LogP contribution in [0.5, 0.6) is 5.75 Å². The summed E-state index contributed by atoms with van der Waals surface area (Å²) in [6, 6.07) is 7.83. The molecule has 0 N–H and O–H groups in total. The molecular weight excluding hydrogens is 136 g/mol. The zero-order valence-electron chi connectivity index (χ0n) is 6.58. The molecule has 1 aromatic carbocycles. The Balaban J connectivity index is 3.02. The first-order valence-corrected chi connectivity index (χ1v) is 3.47. The molecule has 1 radical (unpaired) electrons. The quantitative estimate of drug-likeness (QED) is 0.624. The Bertz CT molecular complexity index is 251. The maximum Gasteiger partial charge on any atom is 0.126 e. The minimum Gasteiger partial charge on any atom is -0.496 e. The van der Waals surface area contributed by atoms with E-state index in [1.165, 1.54) is 0 Å². The number of hydrogen-bond donors (Lipinski definition) is 0. The monoisotopic (exact) mass is 147 g/mol. The molecule has 0 aliphatic carbocycles. The molecular formula is C10H11O. The van der Waals surface area contributed by atoms with Crippen LogP contribution in [0.25, 0.3) is 6.08 Å². The van der Waals surface area contributed by atoms with Gasteiger partial charge >= 0.3 is 0 Å². The Labute approximate surface area is 67.3 Å². The molecule has 0 saturated carbocycles. The van der Waals surface area contributed by atoms with Crippen LogP contribution in [0.2, 0.25) is 0 Å². The van der Waals surface area contributed by atoms with E-state index in [0.717, 1.165) is 11.3 Å². The molecule has 0 unspecified atom stereocenters. The molecule has 0 atom stereocenters. The number of benzene rings is 1. The Kier molecular flexibility index (Phi) is 2.73. The molecule has 1 nitrogen and oxygen atoms in total. The van der Waals surface area contributed by atoms with Gasteiger partial charge in [-0.3, -0.25) is 0 Å². The zero-order valence-corrected chi connectivity index (χ0v) is 6.58. The van der Waals surface area contributed by atoms with Gasteiger partial charge in [0.25, 0.3) is 0 Å². The summed E-state index contributed by atoms with van der Waals surface area (Å²) in [4.78, 5) is 0. The highest BCUT2D eigenvalue weighted by atomic mass is 16.5. The average molecular weight is 147 g/mol. The molecule has 0 aliphatic heterocycles. The highest BCUT2D eigenvalue weighted by Crippen LogP contribution is 2.18. The first kappa shape index (κ1) is 7.86. The predicted molar refractivity (Wildman–Crippen MR) is 47.4 cm³/mol. The summed E-state index contributed by atoms with van der Waals surface area (Å²) in [7, 11) is 1.66. The number of methoxy groups -OCH3 is 1. The van der Waals surface area contributed by atoms with E-state index >= 15 is 0 Å². The van der Waals surface area contributed by atoms with Crippen LogP contribution in [0, 0.1) is 6.92 Å². The van der Waals surface area contributed by atoms with Crippen molar-refractivity contribution in [3.8, 4) is 5.75 Å². The van der Waals surface area contributed by atoms with Gasteiger partial charge in [-0.15, -0.1) is 0 Å². The Morgan fingerprint density at radius 1 is 1.36 bits per heavy atom. The minimum atomic E-state index is 0.882. The lowest BCUT2D eigenvalue weighted by Crippen LogP contribution is -1.84. The Morgan fingerprint density at radius 2 is 2.09 bits per heavy atom. The minimum absolute atomic E-state index is 0.882. The highest BCUT2D eigenvalue weighted by Gasteiger charge is 1.94. The van der Waals surface area contributed by atoms with Crippen molar-refractivity contribution in [2.75, 3.05) is 7.11 Å². The molecule has 0 fully saturated rings. The van der Waals surface area contributed by atoms with Crippen LogP contribution < -0.4 is 4.74 Å². The van der Waals surface area contributed by atoms with Gasteiger partial charge in [0.1, 0.15) is 5.75 Å². The van der Waals surface area contributed by atoms with Gasteiger partial charge in [-0.2, -0.15) is 0 Å². The molecule has 1 heteroatoms. The second kappa shape index (κ2) is 3.81. The van der Waals surface area contributed by atoms with Crippen molar-refractivity contribution < 1.29 is 4.74 Å². The maximum atomic E-state index is 5.12. The molecule has 57 valence electrons. The van der Waals surface area contributed by atoms with Crippen LogP contribution in [0.4, 0.5) is 0 Å². The van der Waals surface area contributed by atoms with Crippen molar-refractivity contribution in [3.63, 3.8) is 0 Å². The van der Waals surface area contributed by atoms with Crippen LogP contribution in [0.15, 0.2) is 30.3 Å². The van der Waals surface area contributed by atoms with Gasteiger partial charge < -0.3 is 4.74 Å². The summed E-state index contributed by atoms with van der Waals surface area (Å²) >= 11 is 0. The predicted octanol–water partition coefficient (Wildman–Crippen LogP) is 2.54. The van der Waals surface area contributed by atoms with E-state index in [1.54, 1.807) is 13.2 Å². The topological polar surface area (TPSA) is 9.23 Å². The number of para-hydroxylation sites is 1. The Hall–Kier alpha value is -1.24. The number of ether oxygens (including phenoxy) is 1. The van der Waals surface area contributed by atoms with Gasteiger partial charge in [0.15, 0.2) is 0 Å². The largest absolute Gasteiger partial charge is 0.496 e. The standard InChI is InChI=1S/C10H11O/c1-3-6-9-7-4-5-8-10(9)11-2/h3-8H,1H2,2H3/b6-3+. The summed E-state index contributed by atoms with van der Waals surface area (Å²) in [6.07, 6.45) is 3.66. The summed E-state index contributed by atoms with van der Waals surface area (Å²) in [5.41, 5.74) is 1.06. The fraction of sp³-hybridized carbons (Fsp3) is 0.100. The number of rotatable bonds is 2. The van der Waals surface area contributed by atoms with Crippen molar-refractivity contribution in [2.24, 2.45) is 0 Å². The van der Waals surface area contributed by atoms with Crippen LogP contribution in [0.1, 0.15) is 5.56 Å². The van der Waals surface area contributed by atoms with Crippen LogP contribution in [-0.2, 0) is 0 Å². The van der Waals surface area contributed by atoms with Crippen molar-refractivity contribution >= 4 is 6.08 Å². The lowest BCUT2D eigenvalue weighted by Gasteiger charge is -2.02. The third kappa shape index (κ3) is 1.84. The first-order chi connectivity index (χ1) is 5.38. The molecule has 0 aromatic heterocycles. The molecule has 0 saturated heterocycles. The molecule has 11 heavy (non-hydrogen) atoms. The second-order valence-corrected chi connectivity index (χ2v) is 2.14. The molecule has 0 heterocycles. The van der Waals surface area contributed by atoms with Crippen molar-refractivity contribution in [3.05, 3.63) is 42.8 Å². The zero-order chi connectivity index (χ0) is 8.10. The smallest absolute Gasteiger partial charge is 0.126 e. The lowest BCUT2D eigenvalue weighted by molar-refractivity contribution is 0.414. The molecule has 0 amide bonds. The van der Waals surface area contributed by atoms with Crippen LogP contribution in [0.3, 0.4) is 0 Å². The van der Waals surface area contributed by atoms with Gasteiger partial charge in [0, 0.05) is 5.56 Å². The summed E-state index contributed by atoms with van der Waals surface area (Å²) < 4.78 is 5.12. The number of allylic oxidation sites excluding steroid dienone is 1. The van der Waals surface area contributed by atoms with Crippen LogP contribution >= 0.6 is 0 Å². The van der Waals surface area contributed by atoms with Gasteiger partial charge in [0.05, 0.1) is 7.11 Å². The fourth-order valence-electron chi connectivity index (χ4n) is 0.931. The van der Waals surface area contributed by atoms with Crippen molar-refractivity contribution in [1.29, 1.82) is 0 Å². The molecule has 0 aliphatic rings. The average Bonchev–Trinajstić information content (AvgIpc) is 2.06. The SMILES string of the molecule is [CH2]/C=C/c1ccccc1OC. The summed E-state index contributed by atoms with van der Waals surface area (Å²) in [6.45, 7) is 3.62. The third-order valence-corrected chi connectivity index (χ3v) is 1.44. The molecule has 1 aromatic rings.